The minimum Gasteiger partial charge on any atom is -0.471 e. The lowest BCUT2D eigenvalue weighted by Gasteiger charge is -2.17. The lowest BCUT2D eigenvalue weighted by atomic mass is 10.3. The predicted octanol–water partition coefficient (Wildman–Crippen LogP) is 1.50. The van der Waals surface area contributed by atoms with Crippen molar-refractivity contribution >= 4 is 11.7 Å². The monoisotopic (exact) mass is 297 g/mol. The number of hydrogen-bond acceptors (Lipinski definition) is 7. The molecule has 0 saturated carbocycles. The molecule has 0 spiro atoms. The summed E-state index contributed by atoms with van der Waals surface area (Å²) in [6.45, 7) is 6.62. The topological polar surface area (TPSA) is 94.8 Å². The van der Waals surface area contributed by atoms with E-state index in [-0.39, 0.29) is 23.9 Å². The highest BCUT2D eigenvalue weighted by atomic mass is 16.6. The second-order valence-corrected chi connectivity index (χ2v) is 4.14. The van der Waals surface area contributed by atoms with Gasteiger partial charge in [0.15, 0.2) is 5.69 Å². The Labute approximate surface area is 122 Å². The second kappa shape index (κ2) is 8.15. The van der Waals surface area contributed by atoms with Crippen molar-refractivity contribution in [2.45, 2.75) is 13.8 Å². The Balaban J connectivity index is 2.86. The van der Waals surface area contributed by atoms with Crippen molar-refractivity contribution < 1.29 is 19.2 Å². The van der Waals surface area contributed by atoms with Gasteiger partial charge in [-0.3, -0.25) is 10.1 Å². The van der Waals surface area contributed by atoms with Crippen LogP contribution in [0.4, 0.5) is 5.69 Å². The third-order valence-corrected chi connectivity index (χ3v) is 2.97. The van der Waals surface area contributed by atoms with Crippen LogP contribution in [0.1, 0.15) is 24.3 Å². The number of esters is 1. The van der Waals surface area contributed by atoms with Crippen LogP contribution >= 0.6 is 0 Å². The average molecular weight is 297 g/mol. The van der Waals surface area contributed by atoms with Gasteiger partial charge in [0.25, 0.3) is 5.88 Å². The van der Waals surface area contributed by atoms with Crippen molar-refractivity contribution in [3.05, 3.63) is 27.9 Å². The molecule has 0 aliphatic heterocycles. The number of nitro groups is 1. The van der Waals surface area contributed by atoms with E-state index in [1.165, 1.54) is 19.2 Å². The molecule has 0 radical (unpaired) electrons. The molecule has 0 unspecified atom stereocenters. The zero-order valence-electron chi connectivity index (χ0n) is 12.4. The number of likely N-dealkylation sites (N-methyl/N-ethyl adjacent to an activating group) is 1. The Bertz CT molecular complexity index is 503. The SMILES string of the molecule is CCN(CC)CCOc1nc(C(=O)OC)ccc1[N+](=O)[O-]. The molecule has 1 heterocycles. The van der Waals surface area contributed by atoms with Crippen LogP contribution in [-0.4, -0.2) is 54.1 Å². The summed E-state index contributed by atoms with van der Waals surface area (Å²) in [4.78, 5) is 27.7. The van der Waals surface area contributed by atoms with E-state index in [0.717, 1.165) is 13.1 Å². The summed E-state index contributed by atoms with van der Waals surface area (Å²) < 4.78 is 9.90. The van der Waals surface area contributed by atoms with Gasteiger partial charge in [-0.1, -0.05) is 13.8 Å². The third kappa shape index (κ3) is 4.67. The minimum atomic E-state index is -0.668. The summed E-state index contributed by atoms with van der Waals surface area (Å²) in [5.41, 5.74) is -0.303. The van der Waals surface area contributed by atoms with E-state index in [0.29, 0.717) is 6.54 Å². The number of hydrogen-bond donors (Lipinski definition) is 0. The van der Waals surface area contributed by atoms with Crippen LogP contribution in [0.25, 0.3) is 0 Å². The fourth-order valence-electron chi connectivity index (χ4n) is 1.71. The van der Waals surface area contributed by atoms with Crippen LogP contribution in [0.15, 0.2) is 12.1 Å². The smallest absolute Gasteiger partial charge is 0.356 e. The van der Waals surface area contributed by atoms with Gasteiger partial charge in [0.1, 0.15) is 6.61 Å². The maximum atomic E-state index is 11.4. The molecule has 0 saturated heterocycles. The Kier molecular flexibility index (Phi) is 6.54. The second-order valence-electron chi connectivity index (χ2n) is 4.14. The highest BCUT2D eigenvalue weighted by molar-refractivity contribution is 5.87. The Morgan fingerprint density at radius 3 is 2.57 bits per heavy atom. The first-order valence-electron chi connectivity index (χ1n) is 6.62. The lowest BCUT2D eigenvalue weighted by Crippen LogP contribution is -2.28. The molecule has 0 aliphatic carbocycles. The number of methoxy groups -OCH3 is 1. The molecular weight excluding hydrogens is 278 g/mol. The van der Waals surface area contributed by atoms with E-state index in [1.54, 1.807) is 0 Å². The van der Waals surface area contributed by atoms with Crippen LogP contribution < -0.4 is 4.74 Å². The minimum absolute atomic E-state index is 0.0269. The Hall–Kier alpha value is -2.22. The molecular formula is C13H19N3O5. The molecule has 116 valence electrons. The molecule has 0 bridgehead atoms. The van der Waals surface area contributed by atoms with Crippen LogP contribution in [0.5, 0.6) is 5.88 Å². The van der Waals surface area contributed by atoms with Crippen molar-refractivity contribution in [1.29, 1.82) is 0 Å². The molecule has 1 aromatic rings. The first-order valence-corrected chi connectivity index (χ1v) is 6.62. The van der Waals surface area contributed by atoms with Crippen LogP contribution in [0.2, 0.25) is 0 Å². The van der Waals surface area contributed by atoms with Crippen LogP contribution in [-0.2, 0) is 4.74 Å². The summed E-state index contributed by atoms with van der Waals surface area (Å²) in [6.07, 6.45) is 0. The molecule has 8 heteroatoms. The molecule has 0 aliphatic rings. The highest BCUT2D eigenvalue weighted by Crippen LogP contribution is 2.24. The van der Waals surface area contributed by atoms with Crippen LogP contribution in [0.3, 0.4) is 0 Å². The molecule has 0 fully saturated rings. The maximum Gasteiger partial charge on any atom is 0.356 e. The van der Waals surface area contributed by atoms with E-state index in [9.17, 15) is 14.9 Å². The van der Waals surface area contributed by atoms with Gasteiger partial charge in [0, 0.05) is 12.6 Å². The quantitative estimate of drug-likeness (QED) is 0.407. The highest BCUT2D eigenvalue weighted by Gasteiger charge is 2.20. The maximum absolute atomic E-state index is 11.4. The molecule has 0 N–H and O–H groups in total. The number of nitrogens with zero attached hydrogens (tertiary/aromatic N) is 3. The van der Waals surface area contributed by atoms with E-state index in [4.69, 9.17) is 4.74 Å². The number of aromatic nitrogens is 1. The number of rotatable bonds is 8. The van der Waals surface area contributed by atoms with Gasteiger partial charge >= 0.3 is 11.7 Å². The number of ether oxygens (including phenoxy) is 2. The van der Waals surface area contributed by atoms with Crippen molar-refractivity contribution in [3.8, 4) is 5.88 Å². The summed E-state index contributed by atoms with van der Waals surface area (Å²) in [7, 11) is 1.21. The van der Waals surface area contributed by atoms with Crippen molar-refractivity contribution in [2.24, 2.45) is 0 Å². The largest absolute Gasteiger partial charge is 0.471 e. The first-order chi connectivity index (χ1) is 10.0. The summed E-state index contributed by atoms with van der Waals surface area (Å²) >= 11 is 0. The summed E-state index contributed by atoms with van der Waals surface area (Å²) in [6, 6.07) is 2.42. The lowest BCUT2D eigenvalue weighted by molar-refractivity contribution is -0.386. The number of carbonyl (C=O) groups is 1. The number of pyridine rings is 1. The van der Waals surface area contributed by atoms with E-state index >= 15 is 0 Å². The Morgan fingerprint density at radius 2 is 2.05 bits per heavy atom. The van der Waals surface area contributed by atoms with Gasteiger partial charge in [-0.15, -0.1) is 0 Å². The zero-order chi connectivity index (χ0) is 15.8. The normalized spacial score (nSPS) is 10.5. The fraction of sp³-hybridized carbons (Fsp3) is 0.538. The zero-order valence-corrected chi connectivity index (χ0v) is 12.4. The third-order valence-electron chi connectivity index (χ3n) is 2.97. The molecule has 0 aromatic carbocycles. The summed E-state index contributed by atoms with van der Waals surface area (Å²) in [5, 5.41) is 10.9. The Morgan fingerprint density at radius 1 is 1.38 bits per heavy atom. The average Bonchev–Trinajstić information content (AvgIpc) is 2.50. The van der Waals surface area contributed by atoms with Crippen molar-refractivity contribution in [3.63, 3.8) is 0 Å². The first kappa shape index (κ1) is 16.8. The molecule has 21 heavy (non-hydrogen) atoms. The fourth-order valence-corrected chi connectivity index (χ4v) is 1.71. The van der Waals surface area contributed by atoms with Gasteiger partial charge < -0.3 is 14.4 Å². The van der Waals surface area contributed by atoms with Gasteiger partial charge in [-0.25, -0.2) is 9.78 Å². The van der Waals surface area contributed by atoms with Gasteiger partial charge in [0.2, 0.25) is 0 Å². The van der Waals surface area contributed by atoms with Gasteiger partial charge in [-0.05, 0) is 19.2 Å². The molecule has 1 aromatic heterocycles. The molecule has 8 nitrogen and oxygen atoms in total. The molecule has 1 rings (SSSR count). The van der Waals surface area contributed by atoms with E-state index in [1.807, 2.05) is 13.8 Å². The standard InChI is InChI=1S/C13H19N3O5/c1-4-15(5-2)8-9-21-12-11(16(18)19)7-6-10(14-12)13(17)20-3/h6-7H,4-5,8-9H2,1-3H3. The van der Waals surface area contributed by atoms with Gasteiger partial charge in [-0.2, -0.15) is 0 Å². The summed E-state index contributed by atoms with van der Waals surface area (Å²) in [5.74, 6) is -0.839. The van der Waals surface area contributed by atoms with Crippen LogP contribution in [0, 0.1) is 10.1 Å². The number of carbonyl (C=O) groups excluding carboxylic acids is 1. The van der Waals surface area contributed by atoms with E-state index in [2.05, 4.69) is 14.6 Å². The van der Waals surface area contributed by atoms with Gasteiger partial charge in [0.05, 0.1) is 12.0 Å². The van der Waals surface area contributed by atoms with Crippen molar-refractivity contribution in [1.82, 2.24) is 9.88 Å². The van der Waals surface area contributed by atoms with E-state index < -0.39 is 10.9 Å². The predicted molar refractivity (Wildman–Crippen MR) is 75.5 cm³/mol. The molecule has 0 amide bonds. The molecule has 0 atom stereocenters. The van der Waals surface area contributed by atoms with Crippen molar-refractivity contribution in [2.75, 3.05) is 33.4 Å².